The van der Waals surface area contributed by atoms with Gasteiger partial charge >= 0.3 is 0 Å². The van der Waals surface area contributed by atoms with Crippen LogP contribution in [0, 0.1) is 6.92 Å². The number of sulfonamides is 1. The van der Waals surface area contributed by atoms with Crippen LogP contribution in [0.15, 0.2) is 89.8 Å². The molecule has 0 spiro atoms. The minimum absolute atomic E-state index is 0.105. The fourth-order valence-corrected chi connectivity index (χ4v) is 4.13. The zero-order chi connectivity index (χ0) is 21.8. The highest BCUT2D eigenvalue weighted by atomic mass is 35.5. The smallest absolute Gasteiger partial charge is 0.264 e. The molecule has 4 aromatic rings. The Bertz CT molecular complexity index is 1290. The summed E-state index contributed by atoms with van der Waals surface area (Å²) in [6, 6.07) is 24.4. The molecule has 1 heterocycles. The predicted octanol–water partition coefficient (Wildman–Crippen LogP) is 5.70. The Morgan fingerprint density at radius 3 is 2.23 bits per heavy atom. The summed E-state index contributed by atoms with van der Waals surface area (Å²) in [4.78, 5) is 8.76. The third-order valence-corrected chi connectivity index (χ3v) is 6.06. The Labute approximate surface area is 185 Å². The largest absolute Gasteiger partial charge is 0.437 e. The molecule has 0 radical (unpaired) electrons. The second kappa shape index (κ2) is 8.75. The lowest BCUT2D eigenvalue weighted by molar-refractivity contribution is 0.459. The summed E-state index contributed by atoms with van der Waals surface area (Å²) in [5.74, 6) is 0.500. The number of benzene rings is 3. The van der Waals surface area contributed by atoms with E-state index in [4.69, 9.17) is 16.3 Å². The Morgan fingerprint density at radius 1 is 0.871 bits per heavy atom. The van der Waals surface area contributed by atoms with Gasteiger partial charge in [-0.15, -0.1) is 0 Å². The predicted molar refractivity (Wildman–Crippen MR) is 121 cm³/mol. The summed E-state index contributed by atoms with van der Waals surface area (Å²) in [7, 11) is -3.87. The average Bonchev–Trinajstić information content (AvgIpc) is 2.77. The van der Waals surface area contributed by atoms with Crippen molar-refractivity contribution < 1.29 is 13.2 Å². The van der Waals surface area contributed by atoms with Gasteiger partial charge in [0.25, 0.3) is 10.0 Å². The number of hydrogen-bond donors (Lipinski definition) is 1. The van der Waals surface area contributed by atoms with Gasteiger partial charge < -0.3 is 4.74 Å². The van der Waals surface area contributed by atoms with Crippen LogP contribution in [0.4, 0.5) is 5.95 Å². The highest BCUT2D eigenvalue weighted by molar-refractivity contribution is 7.92. The third kappa shape index (κ3) is 4.84. The van der Waals surface area contributed by atoms with Crippen molar-refractivity contribution in [3.8, 4) is 22.9 Å². The molecule has 4 rings (SSSR count). The van der Waals surface area contributed by atoms with E-state index in [1.54, 1.807) is 30.3 Å². The van der Waals surface area contributed by atoms with Crippen LogP contribution < -0.4 is 9.46 Å². The first-order valence-electron chi connectivity index (χ1n) is 9.38. The van der Waals surface area contributed by atoms with Crippen molar-refractivity contribution in [1.82, 2.24) is 9.97 Å². The maximum atomic E-state index is 12.8. The number of para-hydroxylation sites is 1. The molecule has 6 nitrogen and oxygen atoms in total. The van der Waals surface area contributed by atoms with Crippen LogP contribution in [0.2, 0.25) is 5.02 Å². The van der Waals surface area contributed by atoms with Crippen LogP contribution >= 0.6 is 11.6 Å². The number of hydrogen-bond acceptors (Lipinski definition) is 5. The molecule has 0 atom stereocenters. The van der Waals surface area contributed by atoms with Crippen molar-refractivity contribution in [2.75, 3.05) is 4.72 Å². The Kier molecular flexibility index (Phi) is 5.88. The molecule has 31 heavy (non-hydrogen) atoms. The van der Waals surface area contributed by atoms with E-state index < -0.39 is 10.0 Å². The van der Waals surface area contributed by atoms with E-state index in [1.807, 2.05) is 49.4 Å². The summed E-state index contributed by atoms with van der Waals surface area (Å²) in [6.07, 6.45) is 0. The summed E-state index contributed by atoms with van der Waals surface area (Å²) < 4.78 is 33.9. The second-order valence-corrected chi connectivity index (χ2v) is 8.78. The minimum Gasteiger partial charge on any atom is -0.437 e. The van der Waals surface area contributed by atoms with Gasteiger partial charge in [-0.2, -0.15) is 4.98 Å². The number of rotatable bonds is 6. The van der Waals surface area contributed by atoms with Gasteiger partial charge in [-0.05, 0) is 30.7 Å². The number of aryl methyl sites for hydroxylation is 1. The summed E-state index contributed by atoms with van der Waals surface area (Å²) in [6.45, 7) is 1.86. The van der Waals surface area contributed by atoms with Gasteiger partial charge in [0.05, 0.1) is 15.6 Å². The molecular weight excluding hydrogens is 434 g/mol. The number of halogens is 1. The van der Waals surface area contributed by atoms with Crippen molar-refractivity contribution in [3.05, 3.63) is 95.5 Å². The van der Waals surface area contributed by atoms with E-state index >= 15 is 0 Å². The third-order valence-electron chi connectivity index (χ3n) is 4.42. The molecular formula is C23H18ClN3O3S. The summed E-state index contributed by atoms with van der Waals surface area (Å²) in [5, 5.41) is 0.422. The monoisotopic (exact) mass is 451 g/mol. The molecule has 8 heteroatoms. The lowest BCUT2D eigenvalue weighted by atomic mass is 10.1. The van der Waals surface area contributed by atoms with Gasteiger partial charge in [0.1, 0.15) is 0 Å². The van der Waals surface area contributed by atoms with Gasteiger partial charge in [-0.3, -0.25) is 0 Å². The quantitative estimate of drug-likeness (QED) is 0.406. The van der Waals surface area contributed by atoms with E-state index in [0.717, 1.165) is 11.1 Å². The minimum atomic E-state index is -3.87. The van der Waals surface area contributed by atoms with Crippen molar-refractivity contribution in [2.24, 2.45) is 0 Å². The molecule has 156 valence electrons. The molecule has 3 aromatic carbocycles. The van der Waals surface area contributed by atoms with E-state index in [1.165, 1.54) is 12.1 Å². The first-order chi connectivity index (χ1) is 14.9. The maximum Gasteiger partial charge on any atom is 0.264 e. The molecule has 0 aliphatic carbocycles. The average molecular weight is 452 g/mol. The zero-order valence-corrected chi connectivity index (χ0v) is 18.1. The van der Waals surface area contributed by atoms with E-state index in [9.17, 15) is 8.42 Å². The molecule has 0 saturated carbocycles. The van der Waals surface area contributed by atoms with Gasteiger partial charge in [0.15, 0.2) is 5.75 Å². The van der Waals surface area contributed by atoms with Crippen molar-refractivity contribution in [1.29, 1.82) is 0 Å². The first-order valence-corrected chi connectivity index (χ1v) is 11.2. The van der Waals surface area contributed by atoms with Crippen LogP contribution in [-0.4, -0.2) is 18.4 Å². The molecule has 0 aliphatic heterocycles. The van der Waals surface area contributed by atoms with Crippen molar-refractivity contribution >= 4 is 27.6 Å². The lowest BCUT2D eigenvalue weighted by Crippen LogP contribution is -2.15. The number of nitrogens with zero attached hydrogens (tertiary/aromatic N) is 2. The molecule has 1 aromatic heterocycles. The van der Waals surface area contributed by atoms with Crippen LogP contribution in [0.5, 0.6) is 11.6 Å². The van der Waals surface area contributed by atoms with E-state index in [-0.39, 0.29) is 16.7 Å². The standard InChI is InChI=1S/C23H18ClN3O3S/c1-16-9-8-14-19(24)22(16)30-21-15-20(17-10-4-2-5-11-17)25-23(26-21)27-31(28,29)18-12-6-3-7-13-18/h2-15H,1H3,(H,25,26,27). The van der Waals surface area contributed by atoms with Gasteiger partial charge in [0, 0.05) is 11.6 Å². The fourth-order valence-electron chi connectivity index (χ4n) is 2.91. The molecule has 1 N–H and O–H groups in total. The zero-order valence-electron chi connectivity index (χ0n) is 16.5. The van der Waals surface area contributed by atoms with Crippen LogP contribution in [0.1, 0.15) is 5.56 Å². The lowest BCUT2D eigenvalue weighted by Gasteiger charge is -2.13. The topological polar surface area (TPSA) is 81.2 Å². The number of aromatic nitrogens is 2. The molecule has 0 saturated heterocycles. The number of ether oxygens (including phenoxy) is 1. The number of anilines is 1. The molecule has 0 amide bonds. The fraction of sp³-hybridized carbons (Fsp3) is 0.0435. The molecule has 0 unspecified atom stereocenters. The number of nitrogens with one attached hydrogen (secondary N) is 1. The normalized spacial score (nSPS) is 11.2. The van der Waals surface area contributed by atoms with Crippen molar-refractivity contribution in [2.45, 2.75) is 11.8 Å². The highest BCUT2D eigenvalue weighted by Crippen LogP contribution is 2.33. The molecule has 0 bridgehead atoms. The van der Waals surface area contributed by atoms with E-state index in [2.05, 4.69) is 14.7 Å². The SMILES string of the molecule is Cc1cccc(Cl)c1Oc1cc(-c2ccccc2)nc(NS(=O)(=O)c2ccccc2)n1. The maximum absolute atomic E-state index is 12.8. The van der Waals surface area contributed by atoms with Crippen LogP contribution in [0.3, 0.4) is 0 Å². The Hall–Kier alpha value is -3.42. The van der Waals surface area contributed by atoms with Gasteiger partial charge in [-0.25, -0.2) is 18.1 Å². The van der Waals surface area contributed by atoms with Crippen LogP contribution in [0.25, 0.3) is 11.3 Å². The van der Waals surface area contributed by atoms with E-state index in [0.29, 0.717) is 16.5 Å². The van der Waals surface area contributed by atoms with Crippen LogP contribution in [-0.2, 0) is 10.0 Å². The van der Waals surface area contributed by atoms with Crippen molar-refractivity contribution in [3.63, 3.8) is 0 Å². The molecule has 0 fully saturated rings. The molecule has 0 aliphatic rings. The summed E-state index contributed by atoms with van der Waals surface area (Å²) >= 11 is 6.28. The summed E-state index contributed by atoms with van der Waals surface area (Å²) in [5.41, 5.74) is 2.10. The Balaban J connectivity index is 1.77. The second-order valence-electron chi connectivity index (χ2n) is 6.69. The highest BCUT2D eigenvalue weighted by Gasteiger charge is 2.18. The van der Waals surface area contributed by atoms with Gasteiger partial charge in [-0.1, -0.05) is 72.3 Å². The van der Waals surface area contributed by atoms with Gasteiger partial charge in [0.2, 0.25) is 11.8 Å². The first kappa shape index (κ1) is 20.8. The Morgan fingerprint density at radius 2 is 1.55 bits per heavy atom.